The average Bonchev–Trinajstić information content (AvgIpc) is 1.58. The Labute approximate surface area is 655 Å². The smallest absolute Gasteiger partial charge is 0.264 e. The third-order valence-electron chi connectivity index (χ3n) is 23.2. The normalized spacial score (nSPS) is 14.0. The molecule has 0 saturated heterocycles. The molecule has 110 heavy (non-hydrogen) atoms. The first-order valence-electron chi connectivity index (χ1n) is 40.9. The van der Waals surface area contributed by atoms with Crippen LogP contribution in [0.4, 0.5) is 0 Å². The number of halogens is 2. The molecule has 0 fully saturated rings. The molecule has 12 aromatic heterocycles. The lowest BCUT2D eigenvalue weighted by Gasteiger charge is -2.20. The summed E-state index contributed by atoms with van der Waals surface area (Å²) in [6.45, 7) is 21.5. The summed E-state index contributed by atoms with van der Waals surface area (Å²) in [5, 5.41) is 0.143. The summed E-state index contributed by atoms with van der Waals surface area (Å²) in [6, 6.07) is 11.8. The van der Waals surface area contributed by atoms with E-state index in [0.29, 0.717) is 0 Å². The van der Waals surface area contributed by atoms with Gasteiger partial charge < -0.3 is 35.3 Å². The lowest BCUT2D eigenvalue weighted by Crippen LogP contribution is -2.33. The number of rotatable bonds is 41. The number of fused-ring (bicyclic) bond motifs is 12. The SMILES string of the molecule is CCCCCCCCCC(C)Cn1c(=O)c2cc(Br)oc2c2oc(-c3cc4c(=O)n(CC(C)C(C)CCCCCCC)c(=O)c5cc(-c6cc7c(=O)n(CC(C)CCCCCCCCC)c(=O)c8cc(-c9cc%10c(=O)n(CC(C)C(C)CCCCCCC)c(=O)c%11cc(Br)oc%11c%10o9)oc8c7o6)oc5c4o3)cc2c1=O. The Balaban J connectivity index is 0.999. The molecule has 6 atom stereocenters. The number of aromatic nitrogens is 4. The van der Waals surface area contributed by atoms with Gasteiger partial charge >= 0.3 is 0 Å². The highest BCUT2D eigenvalue weighted by Crippen LogP contribution is 2.41. The van der Waals surface area contributed by atoms with Crippen LogP contribution in [0.3, 0.4) is 0 Å². The Bertz CT molecular complexity index is 5800. The number of nitrogens with zero attached hydrogens (tertiary/aromatic N) is 4. The minimum absolute atomic E-state index is 0.000606. The molecule has 0 radical (unpaired) electrons. The van der Waals surface area contributed by atoms with Crippen LogP contribution in [0.2, 0.25) is 0 Å². The van der Waals surface area contributed by atoms with Crippen molar-refractivity contribution in [2.75, 3.05) is 0 Å². The Hall–Kier alpha value is -8.24. The van der Waals surface area contributed by atoms with Gasteiger partial charge in [0.15, 0.2) is 88.6 Å². The lowest BCUT2D eigenvalue weighted by atomic mass is 9.90. The van der Waals surface area contributed by atoms with E-state index in [4.69, 9.17) is 35.3 Å². The number of furan rings is 8. The van der Waals surface area contributed by atoms with Crippen LogP contribution in [-0.4, -0.2) is 18.3 Å². The summed E-state index contributed by atoms with van der Waals surface area (Å²) in [6.07, 6.45) is 30.0. The van der Waals surface area contributed by atoms with Crippen LogP contribution in [0.1, 0.15) is 249 Å². The van der Waals surface area contributed by atoms with Gasteiger partial charge in [-0.25, -0.2) is 0 Å². The highest BCUT2D eigenvalue weighted by Gasteiger charge is 2.31. The zero-order chi connectivity index (χ0) is 78.2. The zero-order valence-electron chi connectivity index (χ0n) is 65.8. The van der Waals surface area contributed by atoms with E-state index >= 15 is 19.2 Å². The van der Waals surface area contributed by atoms with Gasteiger partial charge in [-0.3, -0.25) is 56.6 Å². The molecule has 12 rings (SSSR count). The van der Waals surface area contributed by atoms with Gasteiger partial charge in [-0.05, 0) is 80.2 Å². The molecule has 22 heteroatoms. The third-order valence-corrected chi connectivity index (χ3v) is 23.9. The van der Waals surface area contributed by atoms with Gasteiger partial charge in [-0.2, -0.15) is 0 Å². The molecule has 0 bridgehead atoms. The molecule has 20 nitrogen and oxygen atoms in total. The molecule has 0 spiro atoms. The minimum Gasteiger partial charge on any atom is -0.449 e. The summed E-state index contributed by atoms with van der Waals surface area (Å²) in [5.41, 5.74) is -5.36. The van der Waals surface area contributed by atoms with Crippen LogP contribution < -0.4 is 44.5 Å². The first-order valence-corrected chi connectivity index (χ1v) is 42.5. The van der Waals surface area contributed by atoms with Gasteiger partial charge in [0, 0.05) is 74.7 Å². The van der Waals surface area contributed by atoms with Crippen molar-refractivity contribution in [2.24, 2.45) is 35.5 Å². The van der Waals surface area contributed by atoms with Gasteiger partial charge in [0.25, 0.3) is 44.5 Å². The van der Waals surface area contributed by atoms with Crippen LogP contribution in [0.25, 0.3) is 122 Å². The number of hydrogen-bond donors (Lipinski definition) is 0. The van der Waals surface area contributed by atoms with Crippen molar-refractivity contribution >= 4 is 120 Å². The van der Waals surface area contributed by atoms with Crippen molar-refractivity contribution in [1.82, 2.24) is 18.3 Å². The van der Waals surface area contributed by atoms with Crippen molar-refractivity contribution in [3.63, 3.8) is 0 Å². The summed E-state index contributed by atoms with van der Waals surface area (Å²) in [7, 11) is 0. The van der Waals surface area contributed by atoms with Gasteiger partial charge in [-0.1, -0.05) is 236 Å². The summed E-state index contributed by atoms with van der Waals surface area (Å²) >= 11 is 6.84. The van der Waals surface area contributed by atoms with Crippen LogP contribution in [0.15, 0.2) is 132 Å². The van der Waals surface area contributed by atoms with E-state index < -0.39 is 44.5 Å². The van der Waals surface area contributed by atoms with Crippen LogP contribution in [0, 0.1) is 35.5 Å². The summed E-state index contributed by atoms with van der Waals surface area (Å²) in [4.78, 5) is 120. The fourth-order valence-electron chi connectivity index (χ4n) is 16.0. The molecule has 0 aliphatic heterocycles. The second kappa shape index (κ2) is 36.5. The molecule has 0 amide bonds. The molecule has 12 heterocycles. The number of hydrogen-bond acceptors (Lipinski definition) is 16. The molecular weight excluding hydrogens is 1530 g/mol. The Morgan fingerprint density at radius 1 is 0.245 bits per heavy atom. The minimum atomic E-state index is -0.671. The standard InChI is InChI=1S/C88H108Br2N4O16/c1-11-15-19-23-25-29-31-35-51(5)47-91-81(95)57-39-65(103-73(57)74-58(82(91)96)40-66(104-74)70-44-62-78(108-70)80-64(46-72(90)110-80)88(102)94(86(62)100)50-56(10)54(8)38-34-28-22-18-14-4)67-41-59-75(105-67)76-60(85(99)93(84(59)98)49-55(9)53(7)37-33-27-21-17-13-3)42-68(106-76)69-43-61-77(107-69)79-63(45-71(89)109-79)87(101)92(83(61)97)48-52(6)36-32-30-26-24-20-16-12-2/h39-46,51-56H,11-38,47-50H2,1-10H3. The quantitative estimate of drug-likeness (QED) is 0.0322. The third kappa shape index (κ3) is 17.5. The monoisotopic (exact) mass is 1630 g/mol. The molecule has 0 saturated carbocycles. The Morgan fingerprint density at radius 2 is 0.436 bits per heavy atom. The highest BCUT2D eigenvalue weighted by molar-refractivity contribution is 9.10. The first kappa shape index (κ1) is 81.3. The van der Waals surface area contributed by atoms with Crippen LogP contribution >= 0.6 is 31.9 Å². The van der Waals surface area contributed by atoms with Gasteiger partial charge in [0.1, 0.15) is 0 Å². The molecule has 0 N–H and O–H groups in total. The molecule has 12 aromatic rings. The fraction of sp³-hybridized carbons (Fsp3) is 0.545. The van der Waals surface area contributed by atoms with Crippen LogP contribution in [-0.2, 0) is 26.2 Å². The lowest BCUT2D eigenvalue weighted by molar-refractivity contribution is 0.309. The van der Waals surface area contributed by atoms with Crippen LogP contribution in [0.5, 0.6) is 0 Å². The van der Waals surface area contributed by atoms with E-state index in [-0.39, 0.29) is 193 Å². The fourth-order valence-corrected chi connectivity index (χ4v) is 16.7. The maximum absolute atomic E-state index is 15.5. The van der Waals surface area contributed by atoms with Gasteiger partial charge in [0.05, 0.1) is 43.1 Å². The van der Waals surface area contributed by atoms with E-state index in [1.54, 1.807) is 0 Å². The second-order valence-electron chi connectivity index (χ2n) is 31.9. The van der Waals surface area contributed by atoms with Crippen molar-refractivity contribution in [1.29, 1.82) is 0 Å². The zero-order valence-corrected chi connectivity index (χ0v) is 69.0. The van der Waals surface area contributed by atoms with E-state index in [1.807, 2.05) is 20.8 Å². The molecule has 0 aliphatic carbocycles. The summed E-state index contributed by atoms with van der Waals surface area (Å²) < 4.78 is 57.7. The molecule has 0 aromatic carbocycles. The maximum atomic E-state index is 15.5. The van der Waals surface area contributed by atoms with Gasteiger partial charge in [-0.15, -0.1) is 0 Å². The number of unbranched alkanes of at least 4 members (excludes halogenated alkanes) is 20. The van der Waals surface area contributed by atoms with Crippen molar-refractivity contribution < 1.29 is 35.3 Å². The summed E-state index contributed by atoms with van der Waals surface area (Å²) in [5.74, 6) is -0.0869. The predicted molar refractivity (Wildman–Crippen MR) is 445 cm³/mol. The second-order valence-corrected chi connectivity index (χ2v) is 33.5. The first-order chi connectivity index (χ1) is 53.0. The molecule has 0 aliphatic rings. The van der Waals surface area contributed by atoms with E-state index in [1.165, 1.54) is 112 Å². The Kier molecular flexibility index (Phi) is 27.0. The van der Waals surface area contributed by atoms with E-state index in [0.717, 1.165) is 135 Å². The van der Waals surface area contributed by atoms with Crippen molar-refractivity contribution in [3.8, 4) is 34.6 Å². The molecule has 6 unspecified atom stereocenters. The largest absolute Gasteiger partial charge is 0.449 e. The van der Waals surface area contributed by atoms with E-state index in [2.05, 4.69) is 80.3 Å². The predicted octanol–water partition coefficient (Wildman–Crippen LogP) is 23.1. The molecular formula is C88H108Br2N4O16. The Morgan fingerprint density at radius 3 is 0.673 bits per heavy atom. The van der Waals surface area contributed by atoms with Crippen molar-refractivity contribution in [2.45, 2.75) is 275 Å². The highest BCUT2D eigenvalue weighted by atomic mass is 79.9. The molecule has 590 valence electrons. The topological polar surface area (TPSA) is 261 Å². The maximum Gasteiger partial charge on any atom is 0.264 e. The van der Waals surface area contributed by atoms with E-state index in [9.17, 15) is 19.2 Å². The van der Waals surface area contributed by atoms with Crippen molar-refractivity contribution in [3.05, 3.63) is 141 Å². The van der Waals surface area contributed by atoms with Gasteiger partial charge in [0.2, 0.25) is 0 Å². The average molecular weight is 1640 g/mol.